The molecule has 0 radical (unpaired) electrons. The minimum absolute atomic E-state index is 0.379. The zero-order chi connectivity index (χ0) is 75.1. The first-order valence-corrected chi connectivity index (χ1v) is 31.7. The first kappa shape index (κ1) is 58.3. The van der Waals surface area contributed by atoms with Crippen molar-refractivity contribution in [3.05, 3.63) is 321 Å². The second kappa shape index (κ2) is 33.0. The van der Waals surface area contributed by atoms with Gasteiger partial charge in [-0.1, -0.05) is 96.6 Å². The van der Waals surface area contributed by atoms with Gasteiger partial charge in [0.1, 0.15) is 42.3 Å². The number of benzene rings is 6. The molecule has 0 saturated carbocycles. The van der Waals surface area contributed by atoms with E-state index in [0.717, 1.165) is 50.5 Å². The minimum atomic E-state index is -2.06. The van der Waals surface area contributed by atoms with Crippen LogP contribution in [0.15, 0.2) is 237 Å². The zero-order valence-corrected chi connectivity index (χ0v) is 58.2. The van der Waals surface area contributed by atoms with E-state index in [0.29, 0.717) is 16.7 Å². The average molecular weight is 1240 g/mol. The van der Waals surface area contributed by atoms with E-state index in [4.69, 9.17) is 12.3 Å². The molecule has 474 valence electrons. The molecule has 0 aliphatic heterocycles. The smallest absolute Gasteiger partial charge is 0.201 e. The van der Waals surface area contributed by atoms with Gasteiger partial charge in [0, 0.05) is 117 Å². The van der Waals surface area contributed by atoms with E-state index in [1.807, 2.05) is 122 Å². The van der Waals surface area contributed by atoms with Gasteiger partial charge in [0.05, 0.1) is 0 Å². The molecule has 0 spiro atoms. The molecule has 0 bridgehead atoms. The Morgan fingerprint density at radius 3 is 1.04 bits per heavy atom. The SMILES string of the molecule is Cc1cc(-c2ccccc2C)[n+](C)cc1C.Cc1ccc(-c2cccc[n+]2C)c(C)c1.Cc1cccc(-c2cccc[n+]2C)c1C.[2H]C([2H])([2H])c1c[n+](C)c(-c2ccccc2C)cc1C.[2H]C([2H])([2H])c1cc(C)c(-c2ccccc2C)[n+](C)c1.[2H]C([2H])([2H])c1cccc(-c2cccc[n+]2C)c1C. The van der Waals surface area contributed by atoms with Crippen LogP contribution in [0.25, 0.3) is 67.5 Å². The summed E-state index contributed by atoms with van der Waals surface area (Å²) in [4.78, 5) is 0. The van der Waals surface area contributed by atoms with E-state index in [1.165, 1.54) is 83.8 Å². The summed E-state index contributed by atoms with van der Waals surface area (Å²) < 4.78 is 80.1. The minimum Gasteiger partial charge on any atom is -0.201 e. The van der Waals surface area contributed by atoms with E-state index >= 15 is 0 Å². The van der Waals surface area contributed by atoms with Crippen LogP contribution in [0, 0.1) is 104 Å². The molecule has 6 aromatic heterocycles. The zero-order valence-electron chi connectivity index (χ0n) is 67.2. The molecule has 0 unspecified atom stereocenters. The van der Waals surface area contributed by atoms with E-state index in [2.05, 4.69) is 237 Å². The highest BCUT2D eigenvalue weighted by molar-refractivity contribution is 5.67. The molecule has 6 aromatic carbocycles. The van der Waals surface area contributed by atoms with Crippen molar-refractivity contribution < 1.29 is 39.7 Å². The van der Waals surface area contributed by atoms with Crippen molar-refractivity contribution in [1.29, 1.82) is 0 Å². The summed E-state index contributed by atoms with van der Waals surface area (Å²) in [5.74, 6) is 0. The number of aryl methyl sites for hydroxylation is 19. The average Bonchev–Trinajstić information content (AvgIpc) is 0.820. The molecule has 6 nitrogen and oxygen atoms in total. The van der Waals surface area contributed by atoms with E-state index in [1.54, 1.807) is 30.6 Å². The third-order valence-electron chi connectivity index (χ3n) is 17.2. The highest BCUT2D eigenvalue weighted by Gasteiger charge is 2.19. The topological polar surface area (TPSA) is 23.3 Å². The van der Waals surface area contributed by atoms with Gasteiger partial charge in [-0.3, -0.25) is 0 Å². The maximum atomic E-state index is 7.55. The molecule has 6 heterocycles. The largest absolute Gasteiger partial charge is 0.215 e. The molecule has 0 atom stereocenters. The normalized spacial score (nSPS) is 12.3. The van der Waals surface area contributed by atoms with Crippen molar-refractivity contribution in [2.75, 3.05) is 0 Å². The van der Waals surface area contributed by atoms with Crippen molar-refractivity contribution >= 4 is 0 Å². The Balaban J connectivity index is 0.000000172. The van der Waals surface area contributed by atoms with Crippen LogP contribution in [0.2, 0.25) is 0 Å². The molecule has 0 fully saturated rings. The number of rotatable bonds is 6. The molecule has 0 aliphatic rings. The Hall–Kier alpha value is -9.78. The van der Waals surface area contributed by atoms with Crippen molar-refractivity contribution in [3.63, 3.8) is 0 Å². The maximum absolute atomic E-state index is 7.55. The molecule has 12 aromatic rings. The van der Waals surface area contributed by atoms with Gasteiger partial charge in [0.2, 0.25) is 34.2 Å². The highest BCUT2D eigenvalue weighted by atomic mass is 14.9. The number of hydrogen-bond donors (Lipinski definition) is 0. The van der Waals surface area contributed by atoms with Crippen molar-refractivity contribution in [3.8, 4) is 67.5 Å². The van der Waals surface area contributed by atoms with Gasteiger partial charge >= 0.3 is 0 Å². The summed E-state index contributed by atoms with van der Waals surface area (Å²) in [6.07, 6.45) is 11.7. The Morgan fingerprint density at radius 2 is 0.602 bits per heavy atom. The van der Waals surface area contributed by atoms with Crippen molar-refractivity contribution in [1.82, 2.24) is 0 Å². The van der Waals surface area contributed by atoms with E-state index in [9.17, 15) is 0 Å². The fourth-order valence-corrected chi connectivity index (χ4v) is 11.5. The van der Waals surface area contributed by atoms with Crippen LogP contribution in [-0.2, 0) is 42.3 Å². The van der Waals surface area contributed by atoms with Gasteiger partial charge in [-0.05, 0) is 220 Å². The molecule has 12 rings (SSSR count). The lowest BCUT2D eigenvalue weighted by Gasteiger charge is -2.07. The van der Waals surface area contributed by atoms with Crippen LogP contribution in [0.1, 0.15) is 95.8 Å². The lowest BCUT2D eigenvalue weighted by molar-refractivity contribution is -0.661. The summed E-state index contributed by atoms with van der Waals surface area (Å²) in [7, 11) is 12.0. The maximum Gasteiger partial charge on any atom is 0.215 e. The third-order valence-corrected chi connectivity index (χ3v) is 17.2. The molecule has 93 heavy (non-hydrogen) atoms. The molecule has 6 heteroatoms. The molecular formula is C87H102N6+6. The van der Waals surface area contributed by atoms with Crippen LogP contribution >= 0.6 is 0 Å². The number of nitrogens with zero attached hydrogens (tertiary/aromatic N) is 6. The van der Waals surface area contributed by atoms with Gasteiger partial charge in [-0.2, -0.15) is 0 Å². The second-order valence-electron chi connectivity index (χ2n) is 24.5. The Labute approximate surface area is 571 Å². The van der Waals surface area contributed by atoms with Crippen LogP contribution in [0.5, 0.6) is 0 Å². The summed E-state index contributed by atoms with van der Waals surface area (Å²) in [6, 6.07) is 67.6. The molecular weight excluding hydrogens is 1130 g/mol. The first-order chi connectivity index (χ1) is 48.0. The van der Waals surface area contributed by atoms with Crippen LogP contribution in [0.4, 0.5) is 0 Å². The molecule has 0 saturated heterocycles. The third kappa shape index (κ3) is 18.5. The van der Waals surface area contributed by atoms with Gasteiger partial charge in [-0.25, -0.2) is 27.4 Å². The van der Waals surface area contributed by atoms with Crippen molar-refractivity contribution in [2.24, 2.45) is 42.3 Å². The van der Waals surface area contributed by atoms with Crippen LogP contribution in [0.3, 0.4) is 0 Å². The highest BCUT2D eigenvalue weighted by Crippen LogP contribution is 2.27. The Morgan fingerprint density at radius 1 is 0.226 bits per heavy atom. The summed E-state index contributed by atoms with van der Waals surface area (Å²) >= 11 is 0. The van der Waals surface area contributed by atoms with E-state index in [-0.39, 0.29) is 0 Å². The fourth-order valence-electron chi connectivity index (χ4n) is 11.5. The standard InChI is InChI=1S/3C15H18N.3C14H16N/c1-11-9-13(3)15(16(4)10-11)14-8-6-5-7-12(14)2;2*1-11-7-5-6-8-14(11)15-9-12(2)13(3)10-16(15)4;2*1-11-7-6-8-13(12(11)2)14-9-4-5-10-15(14)3;1-11-7-8-13(12(2)10-11)14-6-4-5-9-15(14)3/h3*5-10H,1-4H3;3*4-10H,1-3H3/q6*+1/i1D3;3D3;;1D3;;. The van der Waals surface area contributed by atoms with Crippen LogP contribution in [-0.4, -0.2) is 0 Å². The quantitative estimate of drug-likeness (QED) is 0.148. The summed E-state index contributed by atoms with van der Waals surface area (Å²) in [6.45, 7) is 18.7. The van der Waals surface area contributed by atoms with Gasteiger partial charge in [0.25, 0.3) is 0 Å². The van der Waals surface area contributed by atoms with Crippen molar-refractivity contribution in [2.45, 2.75) is 104 Å². The fraction of sp³-hybridized carbons (Fsp3) is 0.241. The number of aromatic nitrogens is 6. The Kier molecular flexibility index (Phi) is 20.7. The van der Waals surface area contributed by atoms with Crippen LogP contribution < -0.4 is 27.4 Å². The Bertz CT molecular complexity index is 4870. The predicted octanol–water partition coefficient (Wildman–Crippen LogP) is 17.7. The van der Waals surface area contributed by atoms with E-state index < -0.39 is 20.6 Å². The van der Waals surface area contributed by atoms with Gasteiger partial charge in [0.15, 0.2) is 37.2 Å². The molecule has 0 aliphatic carbocycles. The van der Waals surface area contributed by atoms with Gasteiger partial charge < -0.3 is 0 Å². The monoisotopic (exact) mass is 1240 g/mol. The number of hydrogen-bond acceptors (Lipinski definition) is 0. The number of pyridine rings is 6. The summed E-state index contributed by atoms with van der Waals surface area (Å²) in [5, 5.41) is 0. The lowest BCUT2D eigenvalue weighted by atomic mass is 10.0. The predicted molar refractivity (Wildman–Crippen MR) is 389 cm³/mol. The van der Waals surface area contributed by atoms with Gasteiger partial charge in [-0.15, -0.1) is 0 Å². The molecule has 0 N–H and O–H groups in total. The second-order valence-corrected chi connectivity index (χ2v) is 24.5. The first-order valence-electron chi connectivity index (χ1n) is 36.2. The lowest BCUT2D eigenvalue weighted by Crippen LogP contribution is -2.32. The molecule has 0 amide bonds. The summed E-state index contributed by atoms with van der Waals surface area (Å²) in [5.41, 5.74) is 29.6.